The predicted molar refractivity (Wildman–Crippen MR) is 87.6 cm³/mol. The Labute approximate surface area is 134 Å². The van der Waals surface area contributed by atoms with E-state index in [2.05, 4.69) is 17.6 Å². The fraction of sp³-hybridized carbons (Fsp3) is 0.867. The lowest BCUT2D eigenvalue weighted by molar-refractivity contribution is -0.133. The lowest BCUT2D eigenvalue weighted by Gasteiger charge is -2.28. The number of amides is 2. The van der Waals surface area contributed by atoms with Crippen LogP contribution < -0.4 is 10.6 Å². The van der Waals surface area contributed by atoms with Crippen LogP contribution in [0.25, 0.3) is 0 Å². The topological polar surface area (TPSA) is 61.4 Å². The molecule has 2 amide bonds. The molecule has 1 rings (SSSR count). The summed E-state index contributed by atoms with van der Waals surface area (Å²) in [6.07, 6.45) is 2.94. The van der Waals surface area contributed by atoms with Crippen LogP contribution in [0.1, 0.15) is 46.5 Å². The van der Waals surface area contributed by atoms with Gasteiger partial charge in [-0.2, -0.15) is 0 Å². The predicted octanol–water partition coefficient (Wildman–Crippen LogP) is 1.56. The fourth-order valence-electron chi connectivity index (χ4n) is 2.55. The third kappa shape index (κ3) is 7.67. The quantitative estimate of drug-likeness (QED) is 0.714. The van der Waals surface area contributed by atoms with Gasteiger partial charge < -0.3 is 15.5 Å². The number of carbonyl (C=O) groups excluding carboxylic acids is 2. The highest BCUT2D eigenvalue weighted by atomic mass is 35.5. The van der Waals surface area contributed by atoms with Gasteiger partial charge in [0, 0.05) is 38.5 Å². The summed E-state index contributed by atoms with van der Waals surface area (Å²) < 4.78 is 0. The summed E-state index contributed by atoms with van der Waals surface area (Å²) in [4.78, 5) is 25.8. The Balaban J connectivity index is 0.00000400. The van der Waals surface area contributed by atoms with Gasteiger partial charge in [0.05, 0.1) is 0 Å². The van der Waals surface area contributed by atoms with Crippen LogP contribution in [0.15, 0.2) is 0 Å². The number of nitrogens with zero attached hydrogens (tertiary/aromatic N) is 1. The zero-order valence-electron chi connectivity index (χ0n) is 13.5. The van der Waals surface area contributed by atoms with E-state index in [9.17, 15) is 9.59 Å². The minimum Gasteiger partial charge on any atom is -0.356 e. The first-order valence-corrected chi connectivity index (χ1v) is 7.81. The Morgan fingerprint density at radius 2 is 2.10 bits per heavy atom. The maximum Gasteiger partial charge on any atom is 0.224 e. The molecule has 0 saturated carbocycles. The van der Waals surface area contributed by atoms with Crippen molar-refractivity contribution < 1.29 is 9.59 Å². The molecule has 1 fully saturated rings. The molecule has 0 bridgehead atoms. The molecule has 21 heavy (non-hydrogen) atoms. The van der Waals surface area contributed by atoms with Crippen molar-refractivity contribution in [1.82, 2.24) is 15.5 Å². The van der Waals surface area contributed by atoms with Crippen molar-refractivity contribution in [2.24, 2.45) is 5.92 Å². The second-order valence-corrected chi connectivity index (χ2v) is 5.93. The number of carbonyl (C=O) groups is 2. The molecule has 0 aliphatic carbocycles. The fourth-order valence-corrected chi connectivity index (χ4v) is 2.55. The van der Waals surface area contributed by atoms with Gasteiger partial charge in [-0.05, 0) is 25.3 Å². The van der Waals surface area contributed by atoms with Gasteiger partial charge >= 0.3 is 0 Å². The molecule has 124 valence electrons. The summed E-state index contributed by atoms with van der Waals surface area (Å²) in [6, 6.07) is 0.328. The number of rotatable bonds is 8. The molecule has 1 saturated heterocycles. The Bertz CT molecular complexity index is 318. The second-order valence-electron chi connectivity index (χ2n) is 5.93. The molecule has 1 aliphatic heterocycles. The number of hydrogen-bond donors (Lipinski definition) is 2. The van der Waals surface area contributed by atoms with Crippen LogP contribution in [-0.4, -0.2) is 48.9 Å². The van der Waals surface area contributed by atoms with E-state index in [1.54, 1.807) is 0 Å². The molecule has 1 aliphatic rings. The lowest BCUT2D eigenvalue weighted by Crippen LogP contribution is -2.43. The molecular weight excluding hydrogens is 290 g/mol. The SMILES string of the molecule is CCCN(C(=O)CCNC(=O)CC(C)C)C1CCNC1.Cl. The molecule has 5 nitrogen and oxygen atoms in total. The van der Waals surface area contributed by atoms with Crippen molar-refractivity contribution in [1.29, 1.82) is 0 Å². The van der Waals surface area contributed by atoms with E-state index in [0.29, 0.717) is 31.3 Å². The molecular formula is C15H30ClN3O2. The molecule has 0 aromatic rings. The molecule has 1 atom stereocenters. The van der Waals surface area contributed by atoms with E-state index in [1.807, 2.05) is 18.7 Å². The van der Waals surface area contributed by atoms with Crippen molar-refractivity contribution in [3.8, 4) is 0 Å². The lowest BCUT2D eigenvalue weighted by atomic mass is 10.1. The van der Waals surface area contributed by atoms with Gasteiger partial charge in [-0.15, -0.1) is 12.4 Å². The average Bonchev–Trinajstić information content (AvgIpc) is 2.88. The molecule has 0 radical (unpaired) electrons. The van der Waals surface area contributed by atoms with Crippen LogP contribution in [0.5, 0.6) is 0 Å². The highest BCUT2D eigenvalue weighted by Gasteiger charge is 2.25. The zero-order valence-corrected chi connectivity index (χ0v) is 14.3. The van der Waals surface area contributed by atoms with E-state index in [-0.39, 0.29) is 24.2 Å². The first kappa shape index (κ1) is 20.2. The Morgan fingerprint density at radius 3 is 2.62 bits per heavy atom. The summed E-state index contributed by atoms with van der Waals surface area (Å²) in [6.45, 7) is 9.26. The summed E-state index contributed by atoms with van der Waals surface area (Å²) in [5.41, 5.74) is 0. The third-order valence-electron chi connectivity index (χ3n) is 3.51. The highest BCUT2D eigenvalue weighted by Crippen LogP contribution is 2.10. The maximum atomic E-state index is 12.3. The minimum absolute atomic E-state index is 0. The first-order valence-electron chi connectivity index (χ1n) is 7.81. The summed E-state index contributed by atoms with van der Waals surface area (Å²) in [5, 5.41) is 6.13. The Kier molecular flexibility index (Phi) is 10.4. The van der Waals surface area contributed by atoms with E-state index in [0.717, 1.165) is 32.5 Å². The molecule has 1 heterocycles. The van der Waals surface area contributed by atoms with Gasteiger partial charge in [-0.3, -0.25) is 9.59 Å². The van der Waals surface area contributed by atoms with Gasteiger partial charge in [0.2, 0.25) is 11.8 Å². The third-order valence-corrected chi connectivity index (χ3v) is 3.51. The van der Waals surface area contributed by atoms with Crippen molar-refractivity contribution in [3.63, 3.8) is 0 Å². The normalized spacial score (nSPS) is 17.4. The van der Waals surface area contributed by atoms with Crippen molar-refractivity contribution in [2.75, 3.05) is 26.2 Å². The van der Waals surface area contributed by atoms with Crippen molar-refractivity contribution in [2.45, 2.75) is 52.5 Å². The molecule has 1 unspecified atom stereocenters. The summed E-state index contributed by atoms with van der Waals surface area (Å²) in [7, 11) is 0. The molecule has 0 aromatic carbocycles. The van der Waals surface area contributed by atoms with Crippen LogP contribution >= 0.6 is 12.4 Å². The molecule has 0 spiro atoms. The highest BCUT2D eigenvalue weighted by molar-refractivity contribution is 5.85. The molecule has 2 N–H and O–H groups in total. The second kappa shape index (κ2) is 10.9. The molecule has 0 aromatic heterocycles. The summed E-state index contributed by atoms with van der Waals surface area (Å²) in [5.74, 6) is 0.551. The van der Waals surface area contributed by atoms with Gasteiger partial charge in [-0.1, -0.05) is 20.8 Å². The van der Waals surface area contributed by atoms with E-state index in [4.69, 9.17) is 0 Å². The summed E-state index contributed by atoms with van der Waals surface area (Å²) >= 11 is 0. The van der Waals surface area contributed by atoms with Crippen LogP contribution in [0.3, 0.4) is 0 Å². The smallest absolute Gasteiger partial charge is 0.224 e. The van der Waals surface area contributed by atoms with Crippen molar-refractivity contribution in [3.05, 3.63) is 0 Å². The van der Waals surface area contributed by atoms with E-state index in [1.165, 1.54) is 0 Å². The van der Waals surface area contributed by atoms with Gasteiger partial charge in [-0.25, -0.2) is 0 Å². The zero-order chi connectivity index (χ0) is 15.0. The average molecular weight is 320 g/mol. The number of halogens is 1. The number of hydrogen-bond acceptors (Lipinski definition) is 3. The maximum absolute atomic E-state index is 12.3. The standard InChI is InChI=1S/C15H29N3O2.ClH/c1-4-9-18(13-5-7-16-11-13)15(20)6-8-17-14(19)10-12(2)3;/h12-13,16H,4-11H2,1-3H3,(H,17,19);1H. The largest absolute Gasteiger partial charge is 0.356 e. The van der Waals surface area contributed by atoms with Crippen LogP contribution in [0.2, 0.25) is 0 Å². The van der Waals surface area contributed by atoms with Crippen LogP contribution in [0.4, 0.5) is 0 Å². The minimum atomic E-state index is 0. The van der Waals surface area contributed by atoms with E-state index >= 15 is 0 Å². The van der Waals surface area contributed by atoms with Gasteiger partial charge in [0.25, 0.3) is 0 Å². The monoisotopic (exact) mass is 319 g/mol. The van der Waals surface area contributed by atoms with Crippen molar-refractivity contribution >= 4 is 24.2 Å². The van der Waals surface area contributed by atoms with Gasteiger partial charge in [0.15, 0.2) is 0 Å². The van der Waals surface area contributed by atoms with Gasteiger partial charge in [0.1, 0.15) is 0 Å². The van der Waals surface area contributed by atoms with Crippen LogP contribution in [-0.2, 0) is 9.59 Å². The Hall–Kier alpha value is -0.810. The first-order chi connectivity index (χ1) is 9.54. The van der Waals surface area contributed by atoms with E-state index < -0.39 is 0 Å². The number of nitrogens with one attached hydrogen (secondary N) is 2. The van der Waals surface area contributed by atoms with Crippen LogP contribution in [0, 0.1) is 5.92 Å². The molecule has 6 heteroatoms. The Morgan fingerprint density at radius 1 is 1.38 bits per heavy atom.